The number of hydrogen-bond donors (Lipinski definition) is 1. The predicted molar refractivity (Wildman–Crippen MR) is 109 cm³/mol. The minimum absolute atomic E-state index is 0.0775. The largest absolute Gasteiger partial charge is 0.493 e. The number of aryl methyl sites for hydroxylation is 1. The summed E-state index contributed by atoms with van der Waals surface area (Å²) in [6, 6.07) is 11.3. The first-order valence-corrected chi connectivity index (χ1v) is 10.6. The number of carbonyl (C=O) groups is 1. The fourth-order valence-corrected chi connectivity index (χ4v) is 4.81. The number of anilines is 2. The molecule has 4 nitrogen and oxygen atoms in total. The Bertz CT molecular complexity index is 850. The third kappa shape index (κ3) is 4.08. The summed E-state index contributed by atoms with van der Waals surface area (Å²) in [6.45, 7) is 4.27. The topological polar surface area (TPSA) is 41.6 Å². The number of hydrogen-bond acceptors (Lipinski definition) is 3. The molecule has 4 rings (SSSR count). The normalized spacial score (nSPS) is 18.3. The van der Waals surface area contributed by atoms with Crippen LogP contribution in [0, 0.1) is 18.7 Å². The highest BCUT2D eigenvalue weighted by molar-refractivity contribution is 7.49. The van der Waals surface area contributed by atoms with Gasteiger partial charge in [-0.2, -0.15) is 0 Å². The summed E-state index contributed by atoms with van der Waals surface area (Å²) in [6.07, 6.45) is 2.51. The van der Waals surface area contributed by atoms with Gasteiger partial charge in [-0.3, -0.25) is 4.79 Å². The number of ether oxygens (including phenoxy) is 1. The van der Waals surface area contributed by atoms with E-state index in [0.717, 1.165) is 48.2 Å². The fourth-order valence-electron chi connectivity index (χ4n) is 3.72. The highest BCUT2D eigenvalue weighted by Gasteiger charge is 2.23. The molecule has 142 valence electrons. The zero-order valence-corrected chi connectivity index (χ0v) is 16.4. The van der Waals surface area contributed by atoms with E-state index in [-0.39, 0.29) is 11.7 Å². The van der Waals surface area contributed by atoms with Gasteiger partial charge in [0.25, 0.3) is 0 Å². The molecular weight excluding hydrogens is 362 g/mol. The lowest BCUT2D eigenvalue weighted by Gasteiger charge is -2.34. The number of fused-ring (bicyclic) bond motifs is 1. The van der Waals surface area contributed by atoms with Crippen LogP contribution in [0.3, 0.4) is 0 Å². The van der Waals surface area contributed by atoms with E-state index in [4.69, 9.17) is 4.74 Å². The maximum Gasteiger partial charge on any atom is 0.228 e. The van der Waals surface area contributed by atoms with Crippen molar-refractivity contribution in [1.82, 2.24) is 0 Å². The molecule has 2 aliphatic heterocycles. The van der Waals surface area contributed by atoms with E-state index in [0.29, 0.717) is 33.0 Å². The highest BCUT2D eigenvalue weighted by atomic mass is 31.1. The number of benzene rings is 2. The molecule has 0 saturated carbocycles. The number of nitrogens with zero attached hydrogens (tertiary/aromatic N) is 1. The Morgan fingerprint density at radius 3 is 2.85 bits per heavy atom. The molecule has 1 unspecified atom stereocenters. The Morgan fingerprint density at radius 2 is 2.07 bits per heavy atom. The molecule has 0 bridgehead atoms. The zero-order valence-electron chi connectivity index (χ0n) is 15.4. The second-order valence-electron chi connectivity index (χ2n) is 7.28. The molecule has 0 radical (unpaired) electrons. The highest BCUT2D eigenvalue weighted by Crippen LogP contribution is 2.31. The number of piperidine rings is 1. The van der Waals surface area contributed by atoms with Gasteiger partial charge < -0.3 is 15.0 Å². The van der Waals surface area contributed by atoms with Crippen LogP contribution in [0.15, 0.2) is 36.4 Å². The molecule has 1 N–H and O–H groups in total. The van der Waals surface area contributed by atoms with Crippen LogP contribution in [0.1, 0.15) is 18.4 Å². The van der Waals surface area contributed by atoms with Crippen LogP contribution in [0.4, 0.5) is 15.8 Å². The van der Waals surface area contributed by atoms with Crippen LogP contribution >= 0.6 is 8.58 Å². The minimum atomic E-state index is -0.136. The zero-order chi connectivity index (χ0) is 18.8. The molecule has 1 saturated heterocycles. The molecule has 0 aliphatic carbocycles. The number of rotatable bonds is 4. The maximum atomic E-state index is 14.2. The molecular formula is C21H24FN2O2P. The smallest absolute Gasteiger partial charge is 0.228 e. The van der Waals surface area contributed by atoms with E-state index < -0.39 is 0 Å². The second kappa shape index (κ2) is 7.85. The molecule has 2 heterocycles. The van der Waals surface area contributed by atoms with Crippen LogP contribution < -0.4 is 20.3 Å². The average Bonchev–Trinajstić information content (AvgIpc) is 2.66. The number of halogens is 1. The molecule has 2 aromatic carbocycles. The van der Waals surface area contributed by atoms with Gasteiger partial charge in [0.05, 0.1) is 18.0 Å². The van der Waals surface area contributed by atoms with Gasteiger partial charge >= 0.3 is 0 Å². The molecule has 2 aliphatic rings. The first-order chi connectivity index (χ1) is 13.1. The van der Waals surface area contributed by atoms with E-state index >= 15 is 0 Å². The van der Waals surface area contributed by atoms with Crippen LogP contribution in [-0.4, -0.2) is 31.8 Å². The van der Waals surface area contributed by atoms with Crippen molar-refractivity contribution in [3.05, 3.63) is 47.8 Å². The molecule has 1 atom stereocenters. The van der Waals surface area contributed by atoms with Crippen molar-refractivity contribution in [2.45, 2.75) is 19.8 Å². The Labute approximate surface area is 160 Å². The fraction of sp³-hybridized carbons (Fsp3) is 0.381. The third-order valence-corrected chi connectivity index (χ3v) is 6.63. The van der Waals surface area contributed by atoms with E-state index in [1.165, 1.54) is 0 Å². The van der Waals surface area contributed by atoms with E-state index in [1.807, 2.05) is 37.3 Å². The Balaban J connectivity index is 1.34. The molecule has 2 aromatic rings. The molecule has 0 spiro atoms. The van der Waals surface area contributed by atoms with Crippen molar-refractivity contribution in [2.24, 2.45) is 5.92 Å². The van der Waals surface area contributed by atoms with Crippen molar-refractivity contribution in [2.75, 3.05) is 36.1 Å². The number of carbonyl (C=O) groups excluding carboxylic acids is 1. The predicted octanol–water partition coefficient (Wildman–Crippen LogP) is 3.69. The summed E-state index contributed by atoms with van der Waals surface area (Å²) < 4.78 is 20.3. The minimum Gasteiger partial charge on any atom is -0.493 e. The van der Waals surface area contributed by atoms with Crippen LogP contribution in [-0.2, 0) is 4.79 Å². The summed E-state index contributed by atoms with van der Waals surface area (Å²) in [4.78, 5) is 13.7. The van der Waals surface area contributed by atoms with Gasteiger partial charge in [-0.1, -0.05) is 20.7 Å². The Morgan fingerprint density at radius 1 is 1.26 bits per heavy atom. The van der Waals surface area contributed by atoms with Crippen molar-refractivity contribution >= 4 is 31.2 Å². The summed E-state index contributed by atoms with van der Waals surface area (Å²) in [7, 11) is 0.458. The van der Waals surface area contributed by atoms with Gasteiger partial charge in [0, 0.05) is 24.6 Å². The lowest BCUT2D eigenvalue weighted by Crippen LogP contribution is -2.36. The van der Waals surface area contributed by atoms with Gasteiger partial charge in [-0.25, -0.2) is 4.39 Å². The Kier molecular flexibility index (Phi) is 5.31. The summed E-state index contributed by atoms with van der Waals surface area (Å²) >= 11 is 0. The van der Waals surface area contributed by atoms with Crippen LogP contribution in [0.2, 0.25) is 0 Å². The lowest BCUT2D eigenvalue weighted by atomic mass is 9.97. The van der Waals surface area contributed by atoms with E-state index in [2.05, 4.69) is 10.2 Å². The van der Waals surface area contributed by atoms with Crippen molar-refractivity contribution in [1.29, 1.82) is 0 Å². The van der Waals surface area contributed by atoms with Gasteiger partial charge in [0.1, 0.15) is 11.6 Å². The van der Waals surface area contributed by atoms with Crippen LogP contribution in [0.5, 0.6) is 5.75 Å². The average molecular weight is 386 g/mol. The standard InChI is InChI=1S/C21H24FN2O2P/c1-14-5-6-18(16(22)11-14)24-9-7-15(8-10-24)12-26-19-4-2-3-17-21(19)27-13-20(25)23-17/h2-6,11,15,27H,7-10,12-13H2,1H3,(H,23,25). The van der Waals surface area contributed by atoms with Crippen LogP contribution in [0.25, 0.3) is 0 Å². The van der Waals surface area contributed by atoms with E-state index in [9.17, 15) is 9.18 Å². The summed E-state index contributed by atoms with van der Waals surface area (Å²) in [5.74, 6) is 1.29. The monoisotopic (exact) mass is 386 g/mol. The van der Waals surface area contributed by atoms with Crippen molar-refractivity contribution in [3.8, 4) is 5.75 Å². The molecule has 1 amide bonds. The molecule has 1 fully saturated rings. The maximum absolute atomic E-state index is 14.2. The van der Waals surface area contributed by atoms with E-state index in [1.54, 1.807) is 6.07 Å². The number of amides is 1. The van der Waals surface area contributed by atoms with Gasteiger partial charge in [-0.05, 0) is 55.5 Å². The van der Waals surface area contributed by atoms with Gasteiger partial charge in [-0.15, -0.1) is 0 Å². The molecule has 27 heavy (non-hydrogen) atoms. The quantitative estimate of drug-likeness (QED) is 0.815. The molecule has 6 heteroatoms. The first kappa shape index (κ1) is 18.2. The third-order valence-electron chi connectivity index (χ3n) is 5.26. The summed E-state index contributed by atoms with van der Waals surface area (Å²) in [5.41, 5.74) is 2.53. The number of nitrogens with one attached hydrogen (secondary N) is 1. The van der Waals surface area contributed by atoms with Gasteiger partial charge in [0.15, 0.2) is 0 Å². The SMILES string of the molecule is Cc1ccc(N2CCC(COc3cccc4c3PCC(=O)N4)CC2)c(F)c1. The van der Waals surface area contributed by atoms with Crippen molar-refractivity contribution in [3.63, 3.8) is 0 Å². The first-order valence-electron chi connectivity index (χ1n) is 9.41. The molecule has 0 aromatic heterocycles. The van der Waals surface area contributed by atoms with Gasteiger partial charge in [0.2, 0.25) is 5.91 Å². The Hall–Kier alpha value is -2.13. The summed E-state index contributed by atoms with van der Waals surface area (Å²) in [5, 5.41) is 4.04. The lowest BCUT2D eigenvalue weighted by molar-refractivity contribution is -0.113. The second-order valence-corrected chi connectivity index (χ2v) is 8.48. The van der Waals surface area contributed by atoms with Crippen molar-refractivity contribution < 1.29 is 13.9 Å².